The molecule has 0 saturated carbocycles. The summed E-state index contributed by atoms with van der Waals surface area (Å²) in [6.07, 6.45) is -1.30. The summed E-state index contributed by atoms with van der Waals surface area (Å²) in [5, 5.41) is 8.26. The number of anilines is 2. The van der Waals surface area contributed by atoms with E-state index in [1.54, 1.807) is 7.11 Å². The van der Waals surface area contributed by atoms with Gasteiger partial charge in [-0.1, -0.05) is 18.2 Å². The molecular formula is C21H21F3N4O3. The van der Waals surface area contributed by atoms with E-state index in [2.05, 4.69) is 45.0 Å². The molecule has 2 aromatic heterocycles. The minimum Gasteiger partial charge on any atom is -0.481 e. The van der Waals surface area contributed by atoms with Crippen molar-refractivity contribution in [3.63, 3.8) is 0 Å². The third-order valence-electron chi connectivity index (χ3n) is 4.80. The number of pyridine rings is 2. The maximum atomic E-state index is 10.6. The number of carboxylic acid groups (broad SMARTS) is 1. The summed E-state index contributed by atoms with van der Waals surface area (Å²) in [5.41, 5.74) is 4.42. The first-order chi connectivity index (χ1) is 14.7. The summed E-state index contributed by atoms with van der Waals surface area (Å²) in [5.74, 6) is -2.06. The van der Waals surface area contributed by atoms with E-state index in [-0.39, 0.29) is 0 Å². The molecular weight excluding hydrogens is 413 g/mol. The highest BCUT2D eigenvalue weighted by molar-refractivity contribution is 5.80. The molecule has 0 saturated heterocycles. The molecule has 1 aliphatic heterocycles. The van der Waals surface area contributed by atoms with Crippen LogP contribution in [0.4, 0.5) is 24.5 Å². The lowest BCUT2D eigenvalue weighted by Crippen LogP contribution is -2.38. The summed E-state index contributed by atoms with van der Waals surface area (Å²) in [6, 6.07) is 12.4. The first-order valence-corrected chi connectivity index (χ1v) is 9.33. The number of rotatable bonds is 3. The topological polar surface area (TPSA) is 78.8 Å². The van der Waals surface area contributed by atoms with Crippen LogP contribution in [-0.2, 0) is 11.3 Å². The Hall–Kier alpha value is -3.56. The fourth-order valence-electron chi connectivity index (χ4n) is 3.26. The fraction of sp³-hybridized carbons (Fsp3) is 0.286. The third kappa shape index (κ3) is 5.14. The highest BCUT2D eigenvalue weighted by atomic mass is 19.4. The molecule has 0 aliphatic carbocycles. The highest BCUT2D eigenvalue weighted by Gasteiger charge is 2.38. The zero-order valence-corrected chi connectivity index (χ0v) is 16.9. The van der Waals surface area contributed by atoms with Gasteiger partial charge in [-0.25, -0.2) is 9.78 Å². The number of alkyl halides is 3. The second-order valence-electron chi connectivity index (χ2n) is 6.86. The Balaban J connectivity index is 0.000000339. The molecule has 0 atom stereocenters. The minimum absolute atomic E-state index is 0.693. The quantitative estimate of drug-likeness (QED) is 0.673. The van der Waals surface area contributed by atoms with Gasteiger partial charge in [0, 0.05) is 43.8 Å². The molecule has 3 aromatic rings. The van der Waals surface area contributed by atoms with Crippen LogP contribution in [0.3, 0.4) is 0 Å². The number of hydrogen-bond donors (Lipinski definition) is 1. The summed E-state index contributed by atoms with van der Waals surface area (Å²) in [4.78, 5) is 22.5. The molecule has 0 bridgehead atoms. The van der Waals surface area contributed by atoms with Gasteiger partial charge in [-0.15, -0.1) is 0 Å². The second kappa shape index (κ2) is 9.07. The van der Waals surface area contributed by atoms with E-state index in [1.165, 1.54) is 5.69 Å². The Labute approximate surface area is 176 Å². The maximum absolute atomic E-state index is 10.6. The number of carbonyl (C=O) groups is 1. The van der Waals surface area contributed by atoms with Crippen molar-refractivity contribution in [2.24, 2.45) is 0 Å². The molecule has 3 heterocycles. The molecule has 1 aromatic carbocycles. The molecule has 4 rings (SSSR count). The molecule has 0 radical (unpaired) electrons. The fourth-order valence-corrected chi connectivity index (χ4v) is 3.26. The minimum atomic E-state index is -5.08. The van der Waals surface area contributed by atoms with Crippen LogP contribution < -0.4 is 14.5 Å². The van der Waals surface area contributed by atoms with Crippen molar-refractivity contribution in [3.05, 3.63) is 54.4 Å². The number of aliphatic carboxylic acids is 1. The number of ether oxygens (including phenoxy) is 1. The van der Waals surface area contributed by atoms with Crippen molar-refractivity contribution in [1.82, 2.24) is 9.97 Å². The molecule has 31 heavy (non-hydrogen) atoms. The van der Waals surface area contributed by atoms with E-state index in [0.29, 0.717) is 5.88 Å². The lowest BCUT2D eigenvalue weighted by atomic mass is 10.1. The number of fused-ring (bicyclic) bond motifs is 2. The van der Waals surface area contributed by atoms with Gasteiger partial charge in [0.25, 0.3) is 0 Å². The Bertz CT molecular complexity index is 1080. The summed E-state index contributed by atoms with van der Waals surface area (Å²) >= 11 is 0. The van der Waals surface area contributed by atoms with E-state index in [1.807, 2.05) is 30.6 Å². The van der Waals surface area contributed by atoms with Crippen LogP contribution in [0.25, 0.3) is 10.9 Å². The number of halogens is 3. The molecule has 0 amide bonds. The van der Waals surface area contributed by atoms with Gasteiger partial charge in [0.2, 0.25) is 5.88 Å². The van der Waals surface area contributed by atoms with Crippen LogP contribution in [0.2, 0.25) is 0 Å². The summed E-state index contributed by atoms with van der Waals surface area (Å²) in [7, 11) is 3.80. The molecule has 0 unspecified atom stereocenters. The van der Waals surface area contributed by atoms with Gasteiger partial charge >= 0.3 is 12.1 Å². The van der Waals surface area contributed by atoms with Gasteiger partial charge in [-0.3, -0.25) is 4.98 Å². The van der Waals surface area contributed by atoms with Crippen LogP contribution in [0.15, 0.2) is 48.8 Å². The Morgan fingerprint density at radius 2 is 1.90 bits per heavy atom. The van der Waals surface area contributed by atoms with Gasteiger partial charge in [0.15, 0.2) is 0 Å². The lowest BCUT2D eigenvalue weighted by molar-refractivity contribution is -0.192. The Morgan fingerprint density at radius 1 is 1.19 bits per heavy atom. The number of aromatic nitrogens is 2. The molecule has 1 N–H and O–H groups in total. The van der Waals surface area contributed by atoms with Crippen LogP contribution in [0.5, 0.6) is 5.88 Å². The lowest BCUT2D eigenvalue weighted by Gasteiger charge is -2.36. The normalized spacial score (nSPS) is 13.3. The van der Waals surface area contributed by atoms with Crippen molar-refractivity contribution in [2.75, 3.05) is 37.0 Å². The van der Waals surface area contributed by atoms with Crippen LogP contribution in [0.1, 0.15) is 5.56 Å². The second-order valence-corrected chi connectivity index (χ2v) is 6.86. The van der Waals surface area contributed by atoms with Crippen LogP contribution in [0, 0.1) is 0 Å². The Morgan fingerprint density at radius 3 is 2.58 bits per heavy atom. The smallest absolute Gasteiger partial charge is 0.481 e. The van der Waals surface area contributed by atoms with Crippen molar-refractivity contribution >= 4 is 28.2 Å². The SMILES string of the molecule is COc1nc2ccccc2cc1CN1CCN(C)c2ccncc21.O=C(O)C(F)(F)F. The average molecular weight is 434 g/mol. The summed E-state index contributed by atoms with van der Waals surface area (Å²) < 4.78 is 37.3. The maximum Gasteiger partial charge on any atom is 0.490 e. The number of methoxy groups -OCH3 is 1. The highest BCUT2D eigenvalue weighted by Crippen LogP contribution is 2.33. The monoisotopic (exact) mass is 434 g/mol. The first-order valence-electron chi connectivity index (χ1n) is 9.33. The number of benzene rings is 1. The molecule has 1 aliphatic rings. The van der Waals surface area contributed by atoms with Crippen molar-refractivity contribution in [2.45, 2.75) is 12.7 Å². The molecule has 0 fully saturated rings. The van der Waals surface area contributed by atoms with Crippen LogP contribution >= 0.6 is 0 Å². The third-order valence-corrected chi connectivity index (χ3v) is 4.80. The van der Waals surface area contributed by atoms with E-state index in [0.717, 1.165) is 41.8 Å². The van der Waals surface area contributed by atoms with E-state index >= 15 is 0 Å². The number of likely N-dealkylation sites (N-methyl/N-ethyl adjacent to an activating group) is 1. The number of carboxylic acids is 1. The molecule has 7 nitrogen and oxygen atoms in total. The predicted molar refractivity (Wildman–Crippen MR) is 111 cm³/mol. The zero-order chi connectivity index (χ0) is 22.6. The van der Waals surface area contributed by atoms with Gasteiger partial charge in [0.05, 0.1) is 30.2 Å². The standard InChI is InChI=1S/C19H20N4O.C2HF3O2/c1-22-9-10-23(18-12-20-8-7-17(18)22)13-15-11-14-5-3-4-6-16(14)21-19(15)24-2;3-2(4,5)1(6)7/h3-8,11-12H,9-10,13H2,1-2H3;(H,6,7). The summed E-state index contributed by atoms with van der Waals surface area (Å²) in [6.45, 7) is 2.69. The van der Waals surface area contributed by atoms with Crippen molar-refractivity contribution in [3.8, 4) is 5.88 Å². The predicted octanol–water partition coefficient (Wildman–Crippen LogP) is 3.73. The average Bonchev–Trinajstić information content (AvgIpc) is 2.75. The zero-order valence-electron chi connectivity index (χ0n) is 16.9. The van der Waals surface area contributed by atoms with Crippen molar-refractivity contribution in [1.29, 1.82) is 0 Å². The van der Waals surface area contributed by atoms with E-state index in [4.69, 9.17) is 14.6 Å². The van der Waals surface area contributed by atoms with Gasteiger partial charge in [0.1, 0.15) is 0 Å². The number of para-hydroxylation sites is 1. The van der Waals surface area contributed by atoms with Gasteiger partial charge in [-0.05, 0) is 18.2 Å². The van der Waals surface area contributed by atoms with E-state index < -0.39 is 12.1 Å². The van der Waals surface area contributed by atoms with Gasteiger partial charge < -0.3 is 19.6 Å². The Kier molecular flexibility index (Phi) is 6.47. The molecule has 10 heteroatoms. The number of hydrogen-bond acceptors (Lipinski definition) is 6. The molecule has 0 spiro atoms. The van der Waals surface area contributed by atoms with Gasteiger partial charge in [-0.2, -0.15) is 13.2 Å². The molecule has 164 valence electrons. The van der Waals surface area contributed by atoms with Crippen LogP contribution in [-0.4, -0.2) is 54.5 Å². The van der Waals surface area contributed by atoms with Crippen molar-refractivity contribution < 1.29 is 27.8 Å². The largest absolute Gasteiger partial charge is 0.490 e. The first kappa shape index (κ1) is 22.1. The van der Waals surface area contributed by atoms with E-state index in [9.17, 15) is 13.2 Å². The number of nitrogens with zero attached hydrogens (tertiary/aromatic N) is 4.